The van der Waals surface area contributed by atoms with Crippen LogP contribution in [0.2, 0.25) is 6.04 Å². The van der Waals surface area contributed by atoms with Crippen LogP contribution in [0.15, 0.2) is 0 Å². The lowest BCUT2D eigenvalue weighted by molar-refractivity contribution is -0.133. The number of unbranched alkanes of at least 4 members (excludes halogenated alkanes) is 2. The van der Waals surface area contributed by atoms with E-state index >= 15 is 0 Å². The molecule has 0 amide bonds. The van der Waals surface area contributed by atoms with Crippen LogP contribution in [0.25, 0.3) is 0 Å². The van der Waals surface area contributed by atoms with E-state index in [0.29, 0.717) is 0 Å². The zero-order chi connectivity index (χ0) is 10.8. The average molecular weight is 217 g/mol. The second kappa shape index (κ2) is 9.21. The largest absolute Gasteiger partial charge is 0.492 e. The van der Waals surface area contributed by atoms with Crippen molar-refractivity contribution in [3.05, 3.63) is 0 Å². The molecule has 0 aromatic heterocycles. The van der Waals surface area contributed by atoms with Gasteiger partial charge in [-0.2, -0.15) is 0 Å². The lowest BCUT2D eigenvalue weighted by atomic mass is 10.4. The quantitative estimate of drug-likeness (QED) is 0.463. The molecule has 0 bridgehead atoms. The van der Waals surface area contributed by atoms with E-state index in [1.54, 1.807) is 0 Å². The molecule has 0 rings (SSSR count). The van der Waals surface area contributed by atoms with E-state index < -0.39 is 9.28 Å². The fourth-order valence-electron chi connectivity index (χ4n) is 0.964. The normalized spacial score (nSPS) is 10.6. The van der Waals surface area contributed by atoms with Gasteiger partial charge in [-0.3, -0.25) is 4.79 Å². The molecule has 0 unspecified atom stereocenters. The molecule has 0 fully saturated rings. The van der Waals surface area contributed by atoms with Crippen LogP contribution in [0.5, 0.6) is 0 Å². The monoisotopic (exact) mass is 217 g/mol. The summed E-state index contributed by atoms with van der Waals surface area (Å²) in [6.45, 7) is 6.41. The summed E-state index contributed by atoms with van der Waals surface area (Å²) in [6.07, 6.45) is 4.35. The smallest absolute Gasteiger partial charge is 0.459 e. The number of rotatable bonds is 8. The van der Waals surface area contributed by atoms with Crippen LogP contribution in [-0.2, 0) is 13.6 Å². The Hall–Kier alpha value is -0.353. The van der Waals surface area contributed by atoms with Crippen LogP contribution in [0, 0.1) is 0 Å². The first-order chi connectivity index (χ1) is 6.70. The fourth-order valence-corrected chi connectivity index (χ4v) is 2.60. The van der Waals surface area contributed by atoms with E-state index in [1.165, 1.54) is 6.92 Å². The van der Waals surface area contributed by atoms with E-state index in [1.807, 2.05) is 0 Å². The topological polar surface area (TPSA) is 35.5 Å². The number of hydrogen-bond donors (Lipinski definition) is 0. The second-order valence-corrected chi connectivity index (χ2v) is 5.01. The van der Waals surface area contributed by atoms with Gasteiger partial charge in [0.1, 0.15) is 0 Å². The van der Waals surface area contributed by atoms with Crippen LogP contribution < -0.4 is 0 Å². The molecule has 0 saturated heterocycles. The molecule has 0 heterocycles. The summed E-state index contributed by atoms with van der Waals surface area (Å²) in [7, 11) is -1.33. The van der Waals surface area contributed by atoms with Gasteiger partial charge in [-0.1, -0.05) is 33.1 Å². The molecule has 1 radical (unpaired) electrons. The Kier molecular flexibility index (Phi) is 8.98. The molecular weight excluding hydrogens is 196 g/mol. The summed E-state index contributed by atoms with van der Waals surface area (Å²) in [5, 5.41) is 0. The third-order valence-corrected chi connectivity index (χ3v) is 3.56. The van der Waals surface area contributed by atoms with Crippen molar-refractivity contribution < 1.29 is 13.6 Å². The first-order valence-corrected chi connectivity index (χ1v) is 6.90. The molecule has 0 aliphatic carbocycles. The lowest BCUT2D eigenvalue weighted by Crippen LogP contribution is -2.25. The van der Waals surface area contributed by atoms with E-state index in [-0.39, 0.29) is 5.97 Å². The Morgan fingerprint density at radius 1 is 1.21 bits per heavy atom. The maximum absolute atomic E-state index is 10.8. The van der Waals surface area contributed by atoms with Crippen LogP contribution in [-0.4, -0.2) is 21.9 Å². The van der Waals surface area contributed by atoms with Gasteiger partial charge in [0.05, 0.1) is 0 Å². The minimum atomic E-state index is -1.33. The van der Waals surface area contributed by atoms with Gasteiger partial charge < -0.3 is 8.85 Å². The molecule has 0 aromatic rings. The average Bonchev–Trinajstić information content (AvgIpc) is 2.13. The predicted molar refractivity (Wildman–Crippen MR) is 58.1 cm³/mol. The Morgan fingerprint density at radius 3 is 2.36 bits per heavy atom. The molecule has 4 heteroatoms. The highest BCUT2D eigenvalue weighted by Crippen LogP contribution is 2.05. The van der Waals surface area contributed by atoms with Crippen molar-refractivity contribution in [3.8, 4) is 0 Å². The van der Waals surface area contributed by atoms with Gasteiger partial charge in [0, 0.05) is 19.6 Å². The predicted octanol–water partition coefficient (Wildman–Crippen LogP) is 2.65. The minimum Gasteiger partial charge on any atom is -0.492 e. The van der Waals surface area contributed by atoms with Gasteiger partial charge in [-0.25, -0.2) is 0 Å². The first kappa shape index (κ1) is 13.6. The summed E-state index contributed by atoms with van der Waals surface area (Å²) in [4.78, 5) is 10.8. The molecular formula is C10H21O3Si. The molecule has 3 nitrogen and oxygen atoms in total. The first-order valence-electron chi connectivity index (χ1n) is 5.37. The van der Waals surface area contributed by atoms with Crippen LogP contribution in [0.1, 0.15) is 46.5 Å². The molecule has 0 spiro atoms. The molecule has 0 aliphatic rings. The Bertz CT molecular complexity index is 150. The van der Waals surface area contributed by atoms with Gasteiger partial charge in [-0.15, -0.1) is 0 Å². The van der Waals surface area contributed by atoms with E-state index in [4.69, 9.17) is 8.85 Å². The summed E-state index contributed by atoms with van der Waals surface area (Å²) in [6, 6.07) is 0.907. The molecule has 83 valence electrons. The lowest BCUT2D eigenvalue weighted by Gasteiger charge is -2.13. The number of carbonyl (C=O) groups is 1. The highest BCUT2D eigenvalue weighted by molar-refractivity contribution is 6.46. The van der Waals surface area contributed by atoms with E-state index in [9.17, 15) is 4.79 Å². The molecule has 0 aromatic carbocycles. The van der Waals surface area contributed by atoms with Gasteiger partial charge in [0.25, 0.3) is 5.97 Å². The van der Waals surface area contributed by atoms with Crippen molar-refractivity contribution in [1.29, 1.82) is 0 Å². The maximum Gasteiger partial charge on any atom is 0.459 e. The molecule has 0 saturated carbocycles. The highest BCUT2D eigenvalue weighted by Gasteiger charge is 2.18. The van der Waals surface area contributed by atoms with Crippen LogP contribution in [0.4, 0.5) is 0 Å². The Labute approximate surface area is 88.6 Å². The highest BCUT2D eigenvalue weighted by atomic mass is 28.3. The van der Waals surface area contributed by atoms with Crippen molar-refractivity contribution in [2.45, 2.75) is 52.5 Å². The minimum absolute atomic E-state index is 0.216. The zero-order valence-corrected chi connectivity index (χ0v) is 10.5. The SMILES string of the molecule is CCCCO[Si](CCCC)OC(C)=O. The van der Waals surface area contributed by atoms with Gasteiger partial charge in [0.2, 0.25) is 0 Å². The van der Waals surface area contributed by atoms with E-state index in [2.05, 4.69) is 13.8 Å². The third kappa shape index (κ3) is 8.25. The molecule has 0 N–H and O–H groups in total. The second-order valence-electron chi connectivity index (χ2n) is 3.27. The fraction of sp³-hybridized carbons (Fsp3) is 0.900. The number of hydrogen-bond acceptors (Lipinski definition) is 3. The van der Waals surface area contributed by atoms with Crippen molar-refractivity contribution in [1.82, 2.24) is 0 Å². The zero-order valence-electron chi connectivity index (χ0n) is 9.47. The van der Waals surface area contributed by atoms with E-state index in [0.717, 1.165) is 38.3 Å². The Morgan fingerprint density at radius 2 is 1.86 bits per heavy atom. The summed E-state index contributed by atoms with van der Waals surface area (Å²) < 4.78 is 10.7. The van der Waals surface area contributed by atoms with Crippen molar-refractivity contribution >= 4 is 15.3 Å². The van der Waals surface area contributed by atoms with Crippen molar-refractivity contribution in [2.24, 2.45) is 0 Å². The van der Waals surface area contributed by atoms with Gasteiger partial charge in [0.15, 0.2) is 0 Å². The standard InChI is InChI=1S/C10H21O3Si/c1-4-6-8-12-14(9-7-5-2)13-10(3)11/h4-9H2,1-3H3. The summed E-state index contributed by atoms with van der Waals surface area (Å²) >= 11 is 0. The molecule has 0 aliphatic heterocycles. The molecule has 0 atom stereocenters. The Balaban J connectivity index is 3.66. The number of carbonyl (C=O) groups excluding carboxylic acids is 1. The summed E-state index contributed by atoms with van der Waals surface area (Å²) in [5.74, 6) is -0.216. The van der Waals surface area contributed by atoms with Crippen LogP contribution >= 0.6 is 0 Å². The molecule has 14 heavy (non-hydrogen) atoms. The van der Waals surface area contributed by atoms with Gasteiger partial charge in [-0.05, 0) is 6.42 Å². The maximum atomic E-state index is 10.8. The van der Waals surface area contributed by atoms with Gasteiger partial charge >= 0.3 is 9.28 Å². The third-order valence-electron chi connectivity index (χ3n) is 1.75. The van der Waals surface area contributed by atoms with Crippen molar-refractivity contribution in [3.63, 3.8) is 0 Å². The van der Waals surface area contributed by atoms with Crippen molar-refractivity contribution in [2.75, 3.05) is 6.61 Å². The van der Waals surface area contributed by atoms with Crippen LogP contribution in [0.3, 0.4) is 0 Å². The summed E-state index contributed by atoms with van der Waals surface area (Å²) in [5.41, 5.74) is 0.